The molecule has 1 amide bonds. The molecule has 0 saturated carbocycles. The number of carbonyl (C=O) groups excluding carboxylic acids is 1. The van der Waals surface area contributed by atoms with Gasteiger partial charge in [0.25, 0.3) is 0 Å². The van der Waals surface area contributed by atoms with Crippen LogP contribution in [0, 0.1) is 5.92 Å². The largest absolute Gasteiger partial charge is 0.480 e. The summed E-state index contributed by atoms with van der Waals surface area (Å²) in [5.41, 5.74) is 0. The number of nitrogens with one attached hydrogen (secondary N) is 1. The van der Waals surface area contributed by atoms with E-state index in [0.29, 0.717) is 17.9 Å². The van der Waals surface area contributed by atoms with Gasteiger partial charge in [-0.05, 0) is 25.3 Å². The molecule has 1 aliphatic heterocycles. The molecule has 2 N–H and O–H groups in total. The van der Waals surface area contributed by atoms with E-state index in [2.05, 4.69) is 5.32 Å². The number of hydrogen-bond acceptors (Lipinski definition) is 3. The van der Waals surface area contributed by atoms with Crippen molar-refractivity contribution in [2.45, 2.75) is 38.4 Å². The monoisotopic (exact) mass is 296 g/mol. The van der Waals surface area contributed by atoms with Gasteiger partial charge in [-0.25, -0.2) is 0 Å². The maximum Gasteiger partial charge on any atom is 0.406 e. The van der Waals surface area contributed by atoms with Crippen molar-refractivity contribution in [1.29, 1.82) is 0 Å². The third-order valence-electron chi connectivity index (χ3n) is 3.40. The maximum atomic E-state index is 12.4. The molecule has 0 aromatic heterocycles. The molecule has 1 heterocycles. The molecule has 2 unspecified atom stereocenters. The molecule has 0 aliphatic carbocycles. The van der Waals surface area contributed by atoms with Crippen molar-refractivity contribution in [3.8, 4) is 0 Å². The van der Waals surface area contributed by atoms with E-state index in [1.54, 1.807) is 0 Å². The van der Waals surface area contributed by atoms with E-state index < -0.39 is 37.2 Å². The van der Waals surface area contributed by atoms with Crippen LogP contribution in [-0.4, -0.2) is 53.7 Å². The van der Waals surface area contributed by atoms with Crippen LogP contribution in [0.2, 0.25) is 0 Å². The molecular formula is C12H19F3N2O3. The summed E-state index contributed by atoms with van der Waals surface area (Å²) in [7, 11) is 0. The molecule has 20 heavy (non-hydrogen) atoms. The first-order valence-electron chi connectivity index (χ1n) is 6.53. The Morgan fingerprint density at radius 3 is 2.55 bits per heavy atom. The van der Waals surface area contributed by atoms with Gasteiger partial charge in [0.05, 0.1) is 6.04 Å². The Bertz CT molecular complexity index is 360. The van der Waals surface area contributed by atoms with Crippen LogP contribution < -0.4 is 5.32 Å². The first-order valence-corrected chi connectivity index (χ1v) is 6.53. The zero-order valence-electron chi connectivity index (χ0n) is 11.2. The van der Waals surface area contributed by atoms with Gasteiger partial charge in [0.15, 0.2) is 0 Å². The number of hydrogen-bond donors (Lipinski definition) is 2. The van der Waals surface area contributed by atoms with E-state index in [0.717, 1.165) is 12.8 Å². The molecule has 0 radical (unpaired) electrons. The molecule has 1 rings (SSSR count). The molecule has 2 atom stereocenters. The lowest BCUT2D eigenvalue weighted by atomic mass is 9.90. The van der Waals surface area contributed by atoms with Crippen molar-refractivity contribution in [3.63, 3.8) is 0 Å². The highest BCUT2D eigenvalue weighted by Gasteiger charge is 2.37. The van der Waals surface area contributed by atoms with Gasteiger partial charge in [-0.3, -0.25) is 9.59 Å². The van der Waals surface area contributed by atoms with E-state index in [4.69, 9.17) is 5.11 Å². The second-order valence-corrected chi connectivity index (χ2v) is 5.01. The van der Waals surface area contributed by atoms with Crippen molar-refractivity contribution < 1.29 is 27.9 Å². The Hall–Kier alpha value is -1.31. The van der Waals surface area contributed by atoms with E-state index in [9.17, 15) is 22.8 Å². The van der Waals surface area contributed by atoms with Crippen molar-refractivity contribution in [3.05, 3.63) is 0 Å². The van der Waals surface area contributed by atoms with E-state index in [1.165, 1.54) is 0 Å². The molecule has 8 heteroatoms. The predicted octanol–water partition coefficient (Wildman–Crippen LogP) is 1.24. The summed E-state index contributed by atoms with van der Waals surface area (Å²) in [5, 5.41) is 11.5. The highest BCUT2D eigenvalue weighted by Crippen LogP contribution is 2.22. The minimum atomic E-state index is -4.61. The van der Waals surface area contributed by atoms with Crippen LogP contribution in [0.1, 0.15) is 26.2 Å². The Morgan fingerprint density at radius 2 is 2.05 bits per heavy atom. The highest BCUT2D eigenvalue weighted by molar-refractivity contribution is 5.85. The first kappa shape index (κ1) is 16.7. The van der Waals surface area contributed by atoms with E-state index in [1.807, 2.05) is 6.92 Å². The summed E-state index contributed by atoms with van der Waals surface area (Å²) >= 11 is 0. The maximum absolute atomic E-state index is 12.4. The van der Waals surface area contributed by atoms with Crippen LogP contribution in [0.15, 0.2) is 0 Å². The lowest BCUT2D eigenvalue weighted by molar-refractivity contribution is -0.167. The summed E-state index contributed by atoms with van der Waals surface area (Å²) < 4.78 is 37.3. The summed E-state index contributed by atoms with van der Waals surface area (Å²) in [6, 6.07) is -0.726. The molecule has 0 bridgehead atoms. The molecule has 0 aromatic carbocycles. The number of amides is 1. The zero-order chi connectivity index (χ0) is 15.3. The number of aliphatic carboxylic acids is 1. The number of carbonyl (C=O) groups is 2. The highest BCUT2D eigenvalue weighted by atomic mass is 19.4. The average molecular weight is 296 g/mol. The third kappa shape index (κ3) is 5.36. The van der Waals surface area contributed by atoms with Crippen molar-refractivity contribution in [2.24, 2.45) is 5.92 Å². The molecule has 5 nitrogen and oxygen atoms in total. The normalized spacial score (nSPS) is 23.4. The van der Waals surface area contributed by atoms with Crippen LogP contribution in [0.4, 0.5) is 13.2 Å². The molecule has 116 valence electrons. The van der Waals surface area contributed by atoms with Crippen LogP contribution in [0.25, 0.3) is 0 Å². The quantitative estimate of drug-likeness (QED) is 0.801. The lowest BCUT2D eigenvalue weighted by Gasteiger charge is -2.32. The fourth-order valence-corrected chi connectivity index (χ4v) is 2.37. The van der Waals surface area contributed by atoms with Crippen molar-refractivity contribution in [2.75, 3.05) is 19.6 Å². The first-order chi connectivity index (χ1) is 9.23. The fourth-order valence-electron chi connectivity index (χ4n) is 2.37. The minimum Gasteiger partial charge on any atom is -0.480 e. The number of nitrogens with zero attached hydrogens (tertiary/aromatic N) is 1. The Morgan fingerprint density at radius 1 is 1.40 bits per heavy atom. The Labute approximate surface area is 115 Å². The van der Waals surface area contributed by atoms with Crippen molar-refractivity contribution >= 4 is 11.9 Å². The summed E-state index contributed by atoms with van der Waals surface area (Å²) in [6.07, 6.45) is -2.44. The second kappa shape index (κ2) is 6.92. The van der Waals surface area contributed by atoms with Crippen LogP contribution in [0.5, 0.6) is 0 Å². The van der Waals surface area contributed by atoms with Crippen LogP contribution >= 0.6 is 0 Å². The number of alkyl halides is 3. The van der Waals surface area contributed by atoms with Gasteiger partial charge in [0.2, 0.25) is 5.91 Å². The Balaban J connectivity index is 2.73. The molecular weight excluding hydrogens is 277 g/mol. The van der Waals surface area contributed by atoms with Crippen molar-refractivity contribution in [1.82, 2.24) is 10.2 Å². The zero-order valence-corrected chi connectivity index (χ0v) is 11.2. The number of carboxylic acids is 1. The van der Waals surface area contributed by atoms with E-state index >= 15 is 0 Å². The smallest absolute Gasteiger partial charge is 0.406 e. The Kier molecular flexibility index (Phi) is 5.79. The van der Waals surface area contributed by atoms with Gasteiger partial charge >= 0.3 is 12.1 Å². The SMILES string of the molecule is CCC1CCNC(C(=O)N(CC(=O)O)CC(F)(F)F)C1. The fraction of sp³-hybridized carbons (Fsp3) is 0.833. The van der Waals surface area contributed by atoms with Crippen LogP contribution in [0.3, 0.4) is 0 Å². The predicted molar refractivity (Wildman–Crippen MR) is 65.1 cm³/mol. The van der Waals surface area contributed by atoms with Crippen LogP contribution in [-0.2, 0) is 9.59 Å². The third-order valence-corrected chi connectivity index (χ3v) is 3.40. The molecule has 0 aromatic rings. The van der Waals surface area contributed by atoms with Gasteiger partial charge in [-0.1, -0.05) is 13.3 Å². The molecule has 0 spiro atoms. The average Bonchev–Trinajstić information content (AvgIpc) is 2.35. The van der Waals surface area contributed by atoms with Gasteiger partial charge in [-0.2, -0.15) is 13.2 Å². The van der Waals surface area contributed by atoms with Gasteiger partial charge in [0.1, 0.15) is 13.1 Å². The van der Waals surface area contributed by atoms with Gasteiger partial charge in [-0.15, -0.1) is 0 Å². The number of carboxylic acid groups (broad SMARTS) is 1. The molecule has 1 aliphatic rings. The van der Waals surface area contributed by atoms with Gasteiger partial charge in [0, 0.05) is 0 Å². The summed E-state index contributed by atoms with van der Waals surface area (Å²) in [4.78, 5) is 23.1. The number of rotatable bonds is 5. The molecule has 1 fully saturated rings. The molecule has 1 saturated heterocycles. The van der Waals surface area contributed by atoms with E-state index in [-0.39, 0.29) is 5.92 Å². The lowest BCUT2D eigenvalue weighted by Crippen LogP contribution is -2.53. The number of halogens is 3. The standard InChI is InChI=1S/C12H19F3N2O3/c1-2-8-3-4-16-9(5-8)11(20)17(6-10(18)19)7-12(13,14)15/h8-9,16H,2-7H2,1H3,(H,18,19). The summed E-state index contributed by atoms with van der Waals surface area (Å²) in [6.45, 7) is 0.0461. The summed E-state index contributed by atoms with van der Waals surface area (Å²) in [5.74, 6) is -1.96. The number of piperidine rings is 1. The second-order valence-electron chi connectivity index (χ2n) is 5.01. The topological polar surface area (TPSA) is 69.6 Å². The van der Waals surface area contributed by atoms with Gasteiger partial charge < -0.3 is 15.3 Å². The minimum absolute atomic E-state index is 0.280.